The molecule has 25 heavy (non-hydrogen) atoms. The average molecular weight is 344 g/mol. The summed E-state index contributed by atoms with van der Waals surface area (Å²) < 4.78 is 0. The van der Waals surface area contributed by atoms with Crippen molar-refractivity contribution in [1.29, 1.82) is 0 Å². The van der Waals surface area contributed by atoms with E-state index < -0.39 is 5.92 Å². The number of carbonyl (C=O) groups is 2. The van der Waals surface area contributed by atoms with E-state index in [1.54, 1.807) is 6.20 Å². The zero-order chi connectivity index (χ0) is 18.0. The minimum atomic E-state index is -0.537. The highest BCUT2D eigenvalue weighted by atomic mass is 16.2. The van der Waals surface area contributed by atoms with Gasteiger partial charge in [-0.25, -0.2) is 0 Å². The van der Waals surface area contributed by atoms with Gasteiger partial charge in [-0.3, -0.25) is 19.5 Å². The van der Waals surface area contributed by atoms with Crippen LogP contribution in [0.4, 0.5) is 0 Å². The predicted molar refractivity (Wildman–Crippen MR) is 95.5 cm³/mol. The summed E-state index contributed by atoms with van der Waals surface area (Å²) in [5.74, 6) is -0.593. The highest BCUT2D eigenvalue weighted by molar-refractivity contribution is 6.02. The third-order valence-corrected chi connectivity index (χ3v) is 5.37. The van der Waals surface area contributed by atoms with Gasteiger partial charge in [0.1, 0.15) is 5.92 Å². The molecule has 0 bridgehead atoms. The Bertz CT molecular complexity index is 618. The van der Waals surface area contributed by atoms with Gasteiger partial charge in [0.25, 0.3) is 0 Å². The first-order valence-corrected chi connectivity index (χ1v) is 9.04. The quantitative estimate of drug-likeness (QED) is 0.835. The molecule has 0 unspecified atom stereocenters. The number of nitrogens with one attached hydrogen (secondary N) is 1. The van der Waals surface area contributed by atoms with Crippen LogP contribution in [0.25, 0.3) is 0 Å². The smallest absolute Gasteiger partial charge is 0.235 e. The average Bonchev–Trinajstić information content (AvgIpc) is 2.98. The van der Waals surface area contributed by atoms with E-state index in [1.807, 2.05) is 17.2 Å². The lowest BCUT2D eigenvalue weighted by Crippen LogP contribution is -2.52. The molecule has 136 valence electrons. The molecular formula is C19H28N4O2. The number of aromatic nitrogens is 1. The minimum Gasteiger partial charge on any atom is -0.355 e. The summed E-state index contributed by atoms with van der Waals surface area (Å²) >= 11 is 0. The fraction of sp³-hybridized carbons (Fsp3) is 0.632. The Labute approximate surface area is 149 Å². The number of nitrogens with zero attached hydrogens (tertiary/aromatic N) is 3. The molecule has 0 aliphatic carbocycles. The molecule has 6 nitrogen and oxygen atoms in total. The number of amides is 2. The maximum absolute atomic E-state index is 13.0. The van der Waals surface area contributed by atoms with Crippen LogP contribution in [0.15, 0.2) is 24.5 Å². The van der Waals surface area contributed by atoms with Crippen LogP contribution in [-0.2, 0) is 16.1 Å². The molecule has 2 saturated heterocycles. The summed E-state index contributed by atoms with van der Waals surface area (Å²) in [5, 5.41) is 2.88. The first-order valence-electron chi connectivity index (χ1n) is 9.04. The molecule has 2 fully saturated rings. The van der Waals surface area contributed by atoms with Gasteiger partial charge in [-0.05, 0) is 17.0 Å². The van der Waals surface area contributed by atoms with Crippen molar-refractivity contribution >= 4 is 11.8 Å². The van der Waals surface area contributed by atoms with E-state index in [4.69, 9.17) is 0 Å². The monoisotopic (exact) mass is 344 g/mol. The van der Waals surface area contributed by atoms with E-state index in [9.17, 15) is 9.59 Å². The van der Waals surface area contributed by atoms with Crippen LogP contribution in [-0.4, -0.2) is 59.3 Å². The van der Waals surface area contributed by atoms with Crippen molar-refractivity contribution in [2.24, 2.45) is 17.3 Å². The topological polar surface area (TPSA) is 65.5 Å². The maximum Gasteiger partial charge on any atom is 0.235 e. The maximum atomic E-state index is 13.0. The lowest BCUT2D eigenvalue weighted by atomic mass is 9.74. The lowest BCUT2D eigenvalue weighted by molar-refractivity contribution is -0.144. The van der Waals surface area contributed by atoms with Crippen molar-refractivity contribution in [3.63, 3.8) is 0 Å². The first-order chi connectivity index (χ1) is 11.9. The molecule has 6 heteroatoms. The molecule has 2 aliphatic rings. The fourth-order valence-corrected chi connectivity index (χ4v) is 3.78. The Balaban J connectivity index is 1.58. The Kier molecular flexibility index (Phi) is 5.08. The van der Waals surface area contributed by atoms with Crippen molar-refractivity contribution in [2.45, 2.75) is 27.3 Å². The lowest BCUT2D eigenvalue weighted by Gasteiger charge is -2.37. The molecule has 0 spiro atoms. The Morgan fingerprint density at radius 1 is 1.28 bits per heavy atom. The second-order valence-electron chi connectivity index (χ2n) is 8.16. The number of pyridine rings is 1. The van der Waals surface area contributed by atoms with Crippen molar-refractivity contribution in [3.8, 4) is 0 Å². The highest BCUT2D eigenvalue weighted by Gasteiger charge is 2.47. The van der Waals surface area contributed by atoms with E-state index in [0.29, 0.717) is 19.6 Å². The third kappa shape index (κ3) is 4.00. The largest absolute Gasteiger partial charge is 0.355 e. The second kappa shape index (κ2) is 7.12. The first kappa shape index (κ1) is 17.9. The number of piperazine rings is 1. The number of hydrogen-bond donors (Lipinski definition) is 1. The summed E-state index contributed by atoms with van der Waals surface area (Å²) in [6.45, 7) is 10.8. The van der Waals surface area contributed by atoms with Gasteiger partial charge in [0.2, 0.25) is 11.8 Å². The summed E-state index contributed by atoms with van der Waals surface area (Å²) in [6.07, 6.45) is 3.66. The van der Waals surface area contributed by atoms with Gasteiger partial charge in [0.05, 0.1) is 0 Å². The van der Waals surface area contributed by atoms with Crippen LogP contribution in [0.1, 0.15) is 26.3 Å². The van der Waals surface area contributed by atoms with Gasteiger partial charge in [-0.15, -0.1) is 0 Å². The molecule has 2 atom stereocenters. The van der Waals surface area contributed by atoms with Crippen LogP contribution in [0, 0.1) is 17.3 Å². The van der Waals surface area contributed by atoms with E-state index in [-0.39, 0.29) is 23.1 Å². The number of rotatable bonds is 3. The zero-order valence-electron chi connectivity index (χ0n) is 15.4. The van der Waals surface area contributed by atoms with Gasteiger partial charge in [0.15, 0.2) is 0 Å². The van der Waals surface area contributed by atoms with Crippen LogP contribution in [0.3, 0.4) is 0 Å². The van der Waals surface area contributed by atoms with Crippen LogP contribution < -0.4 is 5.32 Å². The summed E-state index contributed by atoms with van der Waals surface area (Å²) in [7, 11) is 0. The van der Waals surface area contributed by atoms with Crippen LogP contribution in [0.2, 0.25) is 0 Å². The van der Waals surface area contributed by atoms with Gasteiger partial charge < -0.3 is 10.2 Å². The number of hydrogen-bond acceptors (Lipinski definition) is 4. The van der Waals surface area contributed by atoms with E-state index in [2.05, 4.69) is 42.0 Å². The molecule has 1 N–H and O–H groups in total. The summed E-state index contributed by atoms with van der Waals surface area (Å²) in [6, 6.07) is 4.02. The van der Waals surface area contributed by atoms with E-state index >= 15 is 0 Å². The zero-order valence-corrected chi connectivity index (χ0v) is 15.4. The standard InChI is InChI=1S/C19H28N4O2/c1-19(2,3)15-12-21-17(24)16(15)18(25)23-9-7-22(8-10-23)13-14-5-4-6-20-11-14/h4-6,11,15-16H,7-10,12-13H2,1-3H3,(H,21,24)/t15-,16+/m0/s1. The van der Waals surface area contributed by atoms with Gasteiger partial charge in [-0.1, -0.05) is 26.8 Å². The molecule has 2 aliphatic heterocycles. The normalized spacial score (nSPS) is 25.1. The van der Waals surface area contributed by atoms with Crippen molar-refractivity contribution in [2.75, 3.05) is 32.7 Å². The molecule has 1 aromatic rings. The molecular weight excluding hydrogens is 316 g/mol. The summed E-state index contributed by atoms with van der Waals surface area (Å²) in [5.41, 5.74) is 1.12. The van der Waals surface area contributed by atoms with E-state index in [1.165, 1.54) is 5.56 Å². The molecule has 3 heterocycles. The Morgan fingerprint density at radius 2 is 2.00 bits per heavy atom. The molecule has 1 aromatic heterocycles. The SMILES string of the molecule is CC(C)(C)[C@H]1CNC(=O)[C@@H]1C(=O)N1CCN(Cc2cccnc2)CC1. The molecule has 0 aromatic carbocycles. The van der Waals surface area contributed by atoms with Crippen molar-refractivity contribution < 1.29 is 9.59 Å². The molecule has 0 saturated carbocycles. The minimum absolute atomic E-state index is 0.00375. The van der Waals surface area contributed by atoms with Crippen molar-refractivity contribution in [1.82, 2.24) is 20.1 Å². The van der Waals surface area contributed by atoms with E-state index in [0.717, 1.165) is 19.6 Å². The second-order valence-corrected chi connectivity index (χ2v) is 8.16. The molecule has 0 radical (unpaired) electrons. The Hall–Kier alpha value is -1.95. The molecule has 2 amide bonds. The van der Waals surface area contributed by atoms with Crippen molar-refractivity contribution in [3.05, 3.63) is 30.1 Å². The van der Waals surface area contributed by atoms with Crippen LogP contribution in [0.5, 0.6) is 0 Å². The Morgan fingerprint density at radius 3 is 2.60 bits per heavy atom. The summed E-state index contributed by atoms with van der Waals surface area (Å²) in [4.78, 5) is 33.6. The number of carbonyl (C=O) groups excluding carboxylic acids is 2. The highest BCUT2D eigenvalue weighted by Crippen LogP contribution is 2.36. The van der Waals surface area contributed by atoms with Crippen LogP contribution >= 0.6 is 0 Å². The van der Waals surface area contributed by atoms with Gasteiger partial charge in [0, 0.05) is 57.6 Å². The molecule has 3 rings (SSSR count). The van der Waals surface area contributed by atoms with Gasteiger partial charge in [-0.2, -0.15) is 0 Å². The predicted octanol–water partition coefficient (Wildman–Crippen LogP) is 1.13. The third-order valence-electron chi connectivity index (χ3n) is 5.37. The fourth-order valence-electron chi connectivity index (χ4n) is 3.78. The van der Waals surface area contributed by atoms with Gasteiger partial charge >= 0.3 is 0 Å².